The van der Waals surface area contributed by atoms with Crippen molar-refractivity contribution in [1.29, 1.82) is 0 Å². The largest absolute Gasteiger partial charge is 0.465 e. The van der Waals surface area contributed by atoms with Crippen LogP contribution in [-0.4, -0.2) is 41.1 Å². The van der Waals surface area contributed by atoms with Crippen LogP contribution in [0.1, 0.15) is 27.7 Å². The summed E-state index contributed by atoms with van der Waals surface area (Å²) in [6.07, 6.45) is 1.72. The molecule has 3 aromatic rings. The maximum absolute atomic E-state index is 12.1. The standard InChI is InChI=1S/C18H17ClN4O2/c1-10-5-6-20-17(15(10)18(24)25-2)23-8-11(9-23)16-21-13-4-3-12(19)7-14(13)22-16/h3-7,11H,8-9H2,1-2H3,(H,21,22). The summed E-state index contributed by atoms with van der Waals surface area (Å²) in [6, 6.07) is 7.45. The number of ether oxygens (including phenoxy) is 1. The summed E-state index contributed by atoms with van der Waals surface area (Å²) in [7, 11) is 1.39. The van der Waals surface area contributed by atoms with Gasteiger partial charge >= 0.3 is 5.97 Å². The summed E-state index contributed by atoms with van der Waals surface area (Å²) in [5, 5.41) is 0.674. The third-order valence-corrected chi connectivity index (χ3v) is 4.80. The van der Waals surface area contributed by atoms with Crippen molar-refractivity contribution < 1.29 is 9.53 Å². The molecule has 1 fully saturated rings. The highest BCUT2D eigenvalue weighted by Crippen LogP contribution is 2.33. The van der Waals surface area contributed by atoms with Crippen molar-refractivity contribution in [2.45, 2.75) is 12.8 Å². The zero-order valence-corrected chi connectivity index (χ0v) is 14.7. The van der Waals surface area contributed by atoms with Crippen LogP contribution in [0.25, 0.3) is 11.0 Å². The number of aryl methyl sites for hydroxylation is 1. The molecule has 1 aliphatic rings. The number of hydrogen-bond acceptors (Lipinski definition) is 5. The van der Waals surface area contributed by atoms with E-state index in [4.69, 9.17) is 16.3 Å². The first-order chi connectivity index (χ1) is 12.1. The van der Waals surface area contributed by atoms with Crippen LogP contribution in [0.4, 0.5) is 5.82 Å². The lowest BCUT2D eigenvalue weighted by atomic mass is 9.98. The zero-order valence-electron chi connectivity index (χ0n) is 13.9. The predicted molar refractivity (Wildman–Crippen MR) is 96.4 cm³/mol. The summed E-state index contributed by atoms with van der Waals surface area (Å²) in [6.45, 7) is 3.37. The molecule has 1 saturated heterocycles. The lowest BCUT2D eigenvalue weighted by Gasteiger charge is -2.39. The average Bonchev–Trinajstić information content (AvgIpc) is 2.95. The summed E-state index contributed by atoms with van der Waals surface area (Å²) in [4.78, 5) is 26.5. The quantitative estimate of drug-likeness (QED) is 0.729. The van der Waals surface area contributed by atoms with Crippen molar-refractivity contribution in [2.75, 3.05) is 25.1 Å². The zero-order chi connectivity index (χ0) is 17.6. The van der Waals surface area contributed by atoms with Crippen molar-refractivity contribution >= 4 is 34.4 Å². The number of fused-ring (bicyclic) bond motifs is 1. The molecule has 0 unspecified atom stereocenters. The number of methoxy groups -OCH3 is 1. The molecule has 3 heterocycles. The van der Waals surface area contributed by atoms with Crippen LogP contribution >= 0.6 is 11.6 Å². The topological polar surface area (TPSA) is 71.1 Å². The van der Waals surface area contributed by atoms with E-state index in [1.807, 2.05) is 31.2 Å². The number of anilines is 1. The molecule has 25 heavy (non-hydrogen) atoms. The Labute approximate surface area is 149 Å². The summed E-state index contributed by atoms with van der Waals surface area (Å²) >= 11 is 6.02. The molecule has 0 bridgehead atoms. The Balaban J connectivity index is 1.57. The van der Waals surface area contributed by atoms with E-state index in [0.717, 1.165) is 35.5 Å². The number of rotatable bonds is 3. The minimum atomic E-state index is -0.359. The van der Waals surface area contributed by atoms with Crippen LogP contribution in [-0.2, 0) is 4.74 Å². The second-order valence-electron chi connectivity index (χ2n) is 6.20. The Kier molecular flexibility index (Phi) is 3.84. The van der Waals surface area contributed by atoms with E-state index in [9.17, 15) is 4.79 Å². The number of imidazole rings is 1. The molecule has 7 heteroatoms. The van der Waals surface area contributed by atoms with Crippen LogP contribution in [0.2, 0.25) is 5.02 Å². The van der Waals surface area contributed by atoms with Gasteiger partial charge in [-0.05, 0) is 36.8 Å². The van der Waals surface area contributed by atoms with Gasteiger partial charge in [-0.15, -0.1) is 0 Å². The fraction of sp³-hybridized carbons (Fsp3) is 0.278. The molecule has 0 aliphatic carbocycles. The molecule has 6 nitrogen and oxygen atoms in total. The number of halogens is 1. The van der Waals surface area contributed by atoms with E-state index in [0.29, 0.717) is 16.4 Å². The molecule has 4 rings (SSSR count). The van der Waals surface area contributed by atoms with E-state index < -0.39 is 0 Å². The van der Waals surface area contributed by atoms with Crippen LogP contribution in [0.3, 0.4) is 0 Å². The van der Waals surface area contributed by atoms with E-state index in [2.05, 4.69) is 19.9 Å². The minimum absolute atomic E-state index is 0.263. The van der Waals surface area contributed by atoms with Crippen LogP contribution in [0, 0.1) is 6.92 Å². The van der Waals surface area contributed by atoms with Gasteiger partial charge in [-0.1, -0.05) is 11.6 Å². The molecule has 1 N–H and O–H groups in total. The van der Waals surface area contributed by atoms with Gasteiger partial charge in [-0.2, -0.15) is 0 Å². The predicted octanol–water partition coefficient (Wildman–Crippen LogP) is 3.31. The Morgan fingerprint density at radius 2 is 2.16 bits per heavy atom. The molecule has 0 amide bonds. The highest BCUT2D eigenvalue weighted by molar-refractivity contribution is 6.31. The Morgan fingerprint density at radius 1 is 1.36 bits per heavy atom. The maximum atomic E-state index is 12.1. The number of carbonyl (C=O) groups excluding carboxylic acids is 1. The first kappa shape index (κ1) is 15.9. The number of nitrogens with one attached hydrogen (secondary N) is 1. The number of pyridine rings is 1. The second kappa shape index (κ2) is 6.04. The molecule has 0 saturated carbocycles. The molecular formula is C18H17ClN4O2. The van der Waals surface area contributed by atoms with Gasteiger partial charge in [0, 0.05) is 24.3 Å². The monoisotopic (exact) mass is 356 g/mol. The molecule has 128 valence electrons. The summed E-state index contributed by atoms with van der Waals surface area (Å²) in [5.41, 5.74) is 3.23. The lowest BCUT2D eigenvalue weighted by Crippen LogP contribution is -2.46. The number of esters is 1. The fourth-order valence-corrected chi connectivity index (χ4v) is 3.32. The number of aromatic nitrogens is 3. The van der Waals surface area contributed by atoms with Crippen LogP contribution < -0.4 is 4.90 Å². The Bertz CT molecular complexity index is 963. The van der Waals surface area contributed by atoms with Crippen LogP contribution in [0.5, 0.6) is 0 Å². The highest BCUT2D eigenvalue weighted by Gasteiger charge is 2.34. The number of carbonyl (C=O) groups is 1. The fourth-order valence-electron chi connectivity index (χ4n) is 3.15. The van der Waals surface area contributed by atoms with Gasteiger partial charge in [0.2, 0.25) is 0 Å². The molecule has 1 aliphatic heterocycles. The van der Waals surface area contributed by atoms with Crippen molar-refractivity contribution in [2.24, 2.45) is 0 Å². The normalized spacial score (nSPS) is 14.6. The van der Waals surface area contributed by atoms with Crippen molar-refractivity contribution in [1.82, 2.24) is 15.0 Å². The molecule has 0 atom stereocenters. The summed E-state index contributed by atoms with van der Waals surface area (Å²) in [5.74, 6) is 1.50. The number of nitrogens with zero attached hydrogens (tertiary/aromatic N) is 3. The molecule has 0 radical (unpaired) electrons. The lowest BCUT2D eigenvalue weighted by molar-refractivity contribution is 0.0600. The number of benzene rings is 1. The highest BCUT2D eigenvalue weighted by atomic mass is 35.5. The van der Waals surface area contributed by atoms with Gasteiger partial charge < -0.3 is 14.6 Å². The minimum Gasteiger partial charge on any atom is -0.465 e. The van der Waals surface area contributed by atoms with E-state index >= 15 is 0 Å². The van der Waals surface area contributed by atoms with E-state index in [1.165, 1.54) is 7.11 Å². The smallest absolute Gasteiger partial charge is 0.341 e. The van der Waals surface area contributed by atoms with Gasteiger partial charge in [-0.25, -0.2) is 14.8 Å². The van der Waals surface area contributed by atoms with Crippen molar-refractivity contribution in [3.63, 3.8) is 0 Å². The number of aromatic amines is 1. The second-order valence-corrected chi connectivity index (χ2v) is 6.64. The van der Waals surface area contributed by atoms with Crippen LogP contribution in [0.15, 0.2) is 30.5 Å². The molecular weight excluding hydrogens is 340 g/mol. The third kappa shape index (κ3) is 2.72. The summed E-state index contributed by atoms with van der Waals surface area (Å²) < 4.78 is 4.90. The average molecular weight is 357 g/mol. The van der Waals surface area contributed by atoms with E-state index in [1.54, 1.807) is 6.20 Å². The molecule has 1 aromatic carbocycles. The van der Waals surface area contributed by atoms with Gasteiger partial charge in [0.1, 0.15) is 17.2 Å². The third-order valence-electron chi connectivity index (χ3n) is 4.56. The van der Waals surface area contributed by atoms with Crippen molar-refractivity contribution in [3.8, 4) is 0 Å². The van der Waals surface area contributed by atoms with Gasteiger partial charge in [0.25, 0.3) is 0 Å². The Hall–Kier alpha value is -2.60. The number of hydrogen-bond donors (Lipinski definition) is 1. The maximum Gasteiger partial charge on any atom is 0.341 e. The van der Waals surface area contributed by atoms with Gasteiger partial charge in [0.05, 0.1) is 24.1 Å². The van der Waals surface area contributed by atoms with Gasteiger partial charge in [0.15, 0.2) is 0 Å². The van der Waals surface area contributed by atoms with Gasteiger partial charge in [-0.3, -0.25) is 0 Å². The molecule has 0 spiro atoms. The SMILES string of the molecule is COC(=O)c1c(C)ccnc1N1CC(c2nc3cc(Cl)ccc3[nH]2)C1. The Morgan fingerprint density at radius 3 is 2.92 bits per heavy atom. The number of H-pyrrole nitrogens is 1. The first-order valence-electron chi connectivity index (χ1n) is 8.01. The first-order valence-corrected chi connectivity index (χ1v) is 8.38. The van der Waals surface area contributed by atoms with E-state index in [-0.39, 0.29) is 11.9 Å². The van der Waals surface area contributed by atoms with Crippen molar-refractivity contribution in [3.05, 3.63) is 52.4 Å². The molecule has 2 aromatic heterocycles.